The Bertz CT molecular complexity index is 995. The van der Waals surface area contributed by atoms with Crippen molar-refractivity contribution < 1.29 is 29.0 Å². The van der Waals surface area contributed by atoms with Gasteiger partial charge >= 0.3 is 0 Å². The Morgan fingerprint density at radius 3 is 2.35 bits per heavy atom. The molecular formula is C33H56N4O6. The molecule has 1 aliphatic rings. The van der Waals surface area contributed by atoms with Crippen LogP contribution in [-0.2, 0) is 23.9 Å². The lowest BCUT2D eigenvalue weighted by Gasteiger charge is -2.41. The number of carbonyl (C=O) groups is 3. The first-order chi connectivity index (χ1) is 20.6. The number of ether oxygens (including phenoxy) is 2. The van der Waals surface area contributed by atoms with Gasteiger partial charge in [-0.15, -0.1) is 0 Å². The summed E-state index contributed by atoms with van der Waals surface area (Å²) in [5.74, 6) is -0.930. The predicted octanol–water partition coefficient (Wildman–Crippen LogP) is 3.27. The van der Waals surface area contributed by atoms with Gasteiger partial charge in [0.25, 0.3) is 0 Å². The lowest BCUT2D eigenvalue weighted by Crippen LogP contribution is -2.55. The quantitative estimate of drug-likeness (QED) is 0.234. The van der Waals surface area contributed by atoms with Crippen LogP contribution in [0.2, 0.25) is 0 Å². The standard InChI is InChI=1S/C33H56N4O6/c1-8-10-18-37(29(39)21-34)30(22(3)9-2)27(42-6)20-28(38)36-19-14-17-26(36)32(43-7)23(4)33(41)35-24(5)31(40)25-15-12-11-13-16-25/h11-13,15-16,22-24,26-27,30-32,40H,8-10,14,17-21,34H2,1-7H3,(H,35,41). The van der Waals surface area contributed by atoms with Crippen LogP contribution in [0.3, 0.4) is 0 Å². The van der Waals surface area contributed by atoms with Gasteiger partial charge in [0.1, 0.15) is 0 Å². The van der Waals surface area contributed by atoms with E-state index in [1.165, 1.54) is 0 Å². The number of benzene rings is 1. The van der Waals surface area contributed by atoms with E-state index in [0.717, 1.165) is 31.2 Å². The molecule has 1 aromatic rings. The second-order valence-electron chi connectivity index (χ2n) is 11.9. The average Bonchev–Trinajstić information content (AvgIpc) is 3.51. The van der Waals surface area contributed by atoms with E-state index in [-0.39, 0.29) is 48.7 Å². The topological polar surface area (TPSA) is 134 Å². The third-order valence-electron chi connectivity index (χ3n) is 9.06. The van der Waals surface area contributed by atoms with E-state index in [1.54, 1.807) is 28.1 Å². The summed E-state index contributed by atoms with van der Waals surface area (Å²) in [6.45, 7) is 10.8. The molecule has 0 aromatic heterocycles. The SMILES string of the molecule is CCCCN(C(=O)CN)C(C(C)CC)C(CC(=O)N1CCCC1C(OC)C(C)C(=O)NC(C)C(O)c1ccccc1)OC. The van der Waals surface area contributed by atoms with Crippen molar-refractivity contribution in [2.24, 2.45) is 17.6 Å². The van der Waals surface area contributed by atoms with Gasteiger partial charge < -0.3 is 35.4 Å². The van der Waals surface area contributed by atoms with Gasteiger partial charge in [-0.3, -0.25) is 14.4 Å². The summed E-state index contributed by atoms with van der Waals surface area (Å²) in [4.78, 5) is 43.8. The molecule has 1 aliphatic heterocycles. The monoisotopic (exact) mass is 604 g/mol. The summed E-state index contributed by atoms with van der Waals surface area (Å²) in [6.07, 6.45) is 2.34. The van der Waals surface area contributed by atoms with Gasteiger partial charge in [-0.25, -0.2) is 0 Å². The molecule has 4 N–H and O–H groups in total. The Kier molecular flexibility index (Phi) is 15.6. The van der Waals surface area contributed by atoms with E-state index in [2.05, 4.69) is 26.1 Å². The molecule has 3 amide bonds. The van der Waals surface area contributed by atoms with E-state index in [0.29, 0.717) is 19.5 Å². The lowest BCUT2D eigenvalue weighted by molar-refractivity contribution is -0.146. The molecule has 0 bridgehead atoms. The maximum absolute atomic E-state index is 13.9. The number of carbonyl (C=O) groups excluding carboxylic acids is 3. The van der Waals surface area contributed by atoms with E-state index in [4.69, 9.17) is 15.2 Å². The van der Waals surface area contributed by atoms with Crippen LogP contribution >= 0.6 is 0 Å². The number of likely N-dealkylation sites (tertiary alicyclic amines) is 1. The highest BCUT2D eigenvalue weighted by Gasteiger charge is 2.42. The Morgan fingerprint density at radius 1 is 1.12 bits per heavy atom. The van der Waals surface area contributed by atoms with Crippen LogP contribution in [0.25, 0.3) is 0 Å². The van der Waals surface area contributed by atoms with Gasteiger partial charge in [-0.1, -0.05) is 70.9 Å². The summed E-state index contributed by atoms with van der Waals surface area (Å²) >= 11 is 0. The number of amides is 3. The van der Waals surface area contributed by atoms with Crippen molar-refractivity contribution >= 4 is 17.7 Å². The molecule has 0 aliphatic carbocycles. The number of nitrogens with one attached hydrogen (secondary N) is 1. The highest BCUT2D eigenvalue weighted by molar-refractivity contribution is 5.81. The minimum Gasteiger partial charge on any atom is -0.386 e. The molecule has 2 rings (SSSR count). The van der Waals surface area contributed by atoms with Crippen LogP contribution in [0.5, 0.6) is 0 Å². The number of aliphatic hydroxyl groups is 1. The molecule has 43 heavy (non-hydrogen) atoms. The maximum atomic E-state index is 13.9. The lowest BCUT2D eigenvalue weighted by atomic mass is 9.89. The Morgan fingerprint density at radius 2 is 1.79 bits per heavy atom. The van der Waals surface area contributed by atoms with E-state index in [1.807, 2.05) is 40.1 Å². The fourth-order valence-corrected chi connectivity index (χ4v) is 6.30. The highest BCUT2D eigenvalue weighted by atomic mass is 16.5. The Balaban J connectivity index is 2.19. The fraction of sp³-hybridized carbons (Fsp3) is 0.727. The molecular weight excluding hydrogens is 548 g/mol. The molecule has 8 atom stereocenters. The molecule has 10 heteroatoms. The van der Waals surface area contributed by atoms with Gasteiger partial charge in [0.05, 0.1) is 55.3 Å². The number of rotatable bonds is 18. The maximum Gasteiger partial charge on any atom is 0.236 e. The van der Waals surface area contributed by atoms with Crippen molar-refractivity contribution in [2.75, 3.05) is 33.9 Å². The zero-order valence-corrected chi connectivity index (χ0v) is 27.3. The van der Waals surface area contributed by atoms with Crippen LogP contribution in [-0.4, -0.2) is 96.8 Å². The second kappa shape index (κ2) is 18.3. The van der Waals surface area contributed by atoms with Crippen LogP contribution in [0, 0.1) is 11.8 Å². The second-order valence-corrected chi connectivity index (χ2v) is 11.9. The van der Waals surface area contributed by atoms with Crippen LogP contribution in [0.1, 0.15) is 84.8 Å². The zero-order valence-electron chi connectivity index (χ0n) is 27.3. The first-order valence-electron chi connectivity index (χ1n) is 15.9. The largest absolute Gasteiger partial charge is 0.386 e. The molecule has 0 spiro atoms. The fourth-order valence-electron chi connectivity index (χ4n) is 6.30. The number of hydrogen-bond donors (Lipinski definition) is 3. The number of nitrogens with zero attached hydrogens (tertiary/aromatic N) is 2. The molecule has 0 radical (unpaired) electrons. The average molecular weight is 605 g/mol. The Labute approximate surface area is 258 Å². The van der Waals surface area contributed by atoms with Crippen molar-refractivity contribution in [3.05, 3.63) is 35.9 Å². The number of methoxy groups -OCH3 is 2. The van der Waals surface area contributed by atoms with Crippen molar-refractivity contribution in [3.8, 4) is 0 Å². The van der Waals surface area contributed by atoms with Gasteiger partial charge in [0.15, 0.2) is 0 Å². The van der Waals surface area contributed by atoms with Gasteiger partial charge in [0.2, 0.25) is 17.7 Å². The normalized spacial score (nSPS) is 20.0. The summed E-state index contributed by atoms with van der Waals surface area (Å²) in [6, 6.07) is 8.14. The van der Waals surface area contributed by atoms with Crippen molar-refractivity contribution in [3.63, 3.8) is 0 Å². The van der Waals surface area contributed by atoms with Gasteiger partial charge in [-0.05, 0) is 37.7 Å². The Hall–Kier alpha value is -2.53. The zero-order chi connectivity index (χ0) is 32.1. The van der Waals surface area contributed by atoms with E-state index in [9.17, 15) is 19.5 Å². The molecule has 0 saturated carbocycles. The number of unbranched alkanes of at least 4 members (excludes halogenated alkanes) is 1. The molecule has 10 nitrogen and oxygen atoms in total. The summed E-state index contributed by atoms with van der Waals surface area (Å²) in [7, 11) is 3.16. The predicted molar refractivity (Wildman–Crippen MR) is 168 cm³/mol. The van der Waals surface area contributed by atoms with Crippen molar-refractivity contribution in [1.29, 1.82) is 0 Å². The third-order valence-corrected chi connectivity index (χ3v) is 9.06. The van der Waals surface area contributed by atoms with Crippen molar-refractivity contribution in [1.82, 2.24) is 15.1 Å². The summed E-state index contributed by atoms with van der Waals surface area (Å²) in [5.41, 5.74) is 6.52. The van der Waals surface area contributed by atoms with Gasteiger partial charge in [-0.2, -0.15) is 0 Å². The molecule has 8 unspecified atom stereocenters. The molecule has 1 saturated heterocycles. The smallest absolute Gasteiger partial charge is 0.236 e. The molecule has 1 aromatic carbocycles. The minimum absolute atomic E-state index is 0.0826. The molecule has 1 heterocycles. The first kappa shape index (κ1) is 36.7. The summed E-state index contributed by atoms with van der Waals surface area (Å²) < 4.78 is 11.8. The first-order valence-corrected chi connectivity index (χ1v) is 15.9. The van der Waals surface area contributed by atoms with Crippen LogP contribution < -0.4 is 11.1 Å². The highest BCUT2D eigenvalue weighted by Crippen LogP contribution is 2.30. The molecule has 244 valence electrons. The summed E-state index contributed by atoms with van der Waals surface area (Å²) in [5, 5.41) is 13.7. The van der Waals surface area contributed by atoms with Crippen molar-refractivity contribution in [2.45, 2.75) is 110 Å². The third kappa shape index (κ3) is 9.73. The number of hydrogen-bond acceptors (Lipinski definition) is 7. The van der Waals surface area contributed by atoms with Crippen LogP contribution in [0.15, 0.2) is 30.3 Å². The molecule has 1 fully saturated rings. The minimum atomic E-state index is -0.851. The van der Waals surface area contributed by atoms with Crippen LogP contribution in [0.4, 0.5) is 0 Å². The number of aliphatic hydroxyl groups excluding tert-OH is 1. The van der Waals surface area contributed by atoms with E-state index >= 15 is 0 Å². The number of nitrogens with two attached hydrogens (primary N) is 1. The van der Waals surface area contributed by atoms with Gasteiger partial charge in [0, 0.05) is 27.3 Å². The van der Waals surface area contributed by atoms with E-state index < -0.39 is 30.3 Å².